The second-order valence-electron chi connectivity index (χ2n) is 8.64. The zero-order valence-electron chi connectivity index (χ0n) is 19.8. The molecule has 0 spiro atoms. The molecule has 1 amide bonds. The molecule has 0 aliphatic carbocycles. The molecule has 0 aliphatic heterocycles. The molecule has 188 valence electrons. The number of carbonyl (C=O) groups excluding carboxylic acids is 3. The van der Waals surface area contributed by atoms with E-state index in [2.05, 4.69) is 10.3 Å². The second kappa shape index (κ2) is 17.0. The Hall–Kier alpha value is -2.54. The topological polar surface area (TPSA) is 197 Å². The zero-order valence-corrected chi connectivity index (χ0v) is 19.8. The smallest absolute Gasteiger partial charge is 0.426 e. The van der Waals surface area contributed by atoms with Gasteiger partial charge in [0.05, 0.1) is 5.94 Å². The number of carbonyl (C=O) groups is 3. The number of hydrogen-bond donors (Lipinski definition) is 5. The van der Waals surface area contributed by atoms with Crippen LogP contribution in [0.5, 0.6) is 0 Å². The lowest BCUT2D eigenvalue weighted by Crippen LogP contribution is -2.49. The molecule has 0 fully saturated rings. The highest BCUT2D eigenvalue weighted by atomic mass is 16.7. The fourth-order valence-corrected chi connectivity index (χ4v) is 3.31. The molecule has 0 heterocycles. The molecule has 0 saturated heterocycles. The molecule has 0 aromatic carbocycles. The van der Waals surface area contributed by atoms with Crippen LogP contribution in [0.3, 0.4) is 0 Å². The van der Waals surface area contributed by atoms with Crippen LogP contribution >= 0.6 is 0 Å². The Labute approximate surface area is 195 Å². The Kier molecular flexibility index (Phi) is 15.7. The van der Waals surface area contributed by atoms with Crippen molar-refractivity contribution >= 4 is 30.6 Å². The lowest BCUT2D eigenvalue weighted by molar-refractivity contribution is -0.525. The van der Waals surface area contributed by atoms with Crippen molar-refractivity contribution in [3.8, 4) is 0 Å². The van der Waals surface area contributed by atoms with E-state index in [1.54, 1.807) is 5.43 Å². The third kappa shape index (κ3) is 16.7. The minimum Gasteiger partial charge on any atom is -0.426 e. The monoisotopic (exact) mass is 471 g/mol. The van der Waals surface area contributed by atoms with Crippen LogP contribution in [0.25, 0.3) is 0 Å². The first kappa shape index (κ1) is 30.5. The van der Waals surface area contributed by atoms with Gasteiger partial charge in [-0.25, -0.2) is 15.1 Å². The van der Waals surface area contributed by atoms with Crippen molar-refractivity contribution in [1.82, 2.24) is 10.7 Å². The molecule has 0 unspecified atom stereocenters. The minimum atomic E-state index is -1.73. The van der Waals surface area contributed by atoms with Crippen LogP contribution in [-0.4, -0.2) is 58.1 Å². The number of hydrazine groups is 1. The summed E-state index contributed by atoms with van der Waals surface area (Å²) < 4.78 is 0. The molecule has 0 aromatic heterocycles. The first-order valence-corrected chi connectivity index (χ1v) is 11.3. The summed E-state index contributed by atoms with van der Waals surface area (Å²) in [5.74, 6) is -2.26. The third-order valence-corrected chi connectivity index (χ3v) is 4.94. The normalized spacial score (nSPS) is 13.3. The Morgan fingerprint density at radius 2 is 1.76 bits per heavy atom. The van der Waals surface area contributed by atoms with Gasteiger partial charge in [0.1, 0.15) is 11.6 Å². The molecule has 0 radical (unpaired) electrons. The van der Waals surface area contributed by atoms with E-state index in [0.29, 0.717) is 25.7 Å². The maximum Gasteiger partial charge on any atom is 0.475 e. The lowest BCUT2D eigenvalue weighted by atomic mass is 9.74. The van der Waals surface area contributed by atoms with Crippen molar-refractivity contribution < 1.29 is 29.5 Å². The number of aliphatic imine (C=N–C) groups is 1. The molecule has 6 N–H and O–H groups in total. The number of amides is 1. The molecule has 2 atom stereocenters. The Morgan fingerprint density at radius 1 is 1.12 bits per heavy atom. The highest BCUT2D eigenvalue weighted by Crippen LogP contribution is 2.17. The van der Waals surface area contributed by atoms with Crippen molar-refractivity contribution in [2.24, 2.45) is 22.6 Å². The maximum atomic E-state index is 12.8. The van der Waals surface area contributed by atoms with Gasteiger partial charge in [-0.15, -0.1) is 0 Å². The average Bonchev–Trinajstić information content (AvgIpc) is 2.68. The molecular weight excluding hydrogens is 433 g/mol. The summed E-state index contributed by atoms with van der Waals surface area (Å²) in [5, 5.41) is 31.3. The van der Waals surface area contributed by atoms with Crippen LogP contribution in [0.2, 0.25) is 0 Å². The summed E-state index contributed by atoms with van der Waals surface area (Å²) in [4.78, 5) is 50.4. The first-order chi connectivity index (χ1) is 15.4. The van der Waals surface area contributed by atoms with E-state index in [-0.39, 0.29) is 49.3 Å². The van der Waals surface area contributed by atoms with Gasteiger partial charge >= 0.3 is 7.12 Å². The maximum absolute atomic E-state index is 12.8. The van der Waals surface area contributed by atoms with E-state index in [4.69, 9.17) is 5.73 Å². The van der Waals surface area contributed by atoms with Crippen LogP contribution < -0.4 is 16.5 Å². The van der Waals surface area contributed by atoms with Crippen molar-refractivity contribution in [3.05, 3.63) is 10.1 Å². The molecule has 0 rings (SSSR count). The van der Waals surface area contributed by atoms with Crippen molar-refractivity contribution in [2.75, 3.05) is 6.54 Å². The van der Waals surface area contributed by atoms with Crippen LogP contribution in [-0.2, 0) is 14.4 Å². The predicted molar refractivity (Wildman–Crippen MR) is 124 cm³/mol. The molecule has 0 bridgehead atoms. The van der Waals surface area contributed by atoms with Gasteiger partial charge < -0.3 is 25.9 Å². The Morgan fingerprint density at radius 3 is 2.30 bits per heavy atom. The van der Waals surface area contributed by atoms with Crippen molar-refractivity contribution in [1.29, 1.82) is 0 Å². The number of nitrogens with one attached hydrogen (secondary N) is 2. The van der Waals surface area contributed by atoms with Crippen molar-refractivity contribution in [2.45, 2.75) is 84.5 Å². The van der Waals surface area contributed by atoms with E-state index in [1.807, 2.05) is 13.8 Å². The van der Waals surface area contributed by atoms with E-state index >= 15 is 0 Å². The van der Waals surface area contributed by atoms with Gasteiger partial charge in [-0.1, -0.05) is 25.7 Å². The number of Topliss-reactive ketones (excluding diaryl/α,β-unsaturated/α-hetero) is 2. The zero-order chi connectivity index (χ0) is 25.4. The lowest BCUT2D eigenvalue weighted by Gasteiger charge is -2.23. The van der Waals surface area contributed by atoms with Gasteiger partial charge in [0.15, 0.2) is 5.03 Å². The summed E-state index contributed by atoms with van der Waals surface area (Å²) >= 11 is 0. The summed E-state index contributed by atoms with van der Waals surface area (Å²) in [7, 11) is -1.73. The molecule has 0 aliphatic rings. The SMILES string of the molecule is CC(=O)CCCCCC(=O)C[C@@H](CCCN=C(N)N[N+](=O)[O-])C(=O)N[C@@H](CC(C)C)B(O)O. The number of rotatable bonds is 18. The van der Waals surface area contributed by atoms with E-state index in [1.165, 1.54) is 6.92 Å². The minimum absolute atomic E-state index is 0.0131. The highest BCUT2D eigenvalue weighted by molar-refractivity contribution is 6.43. The van der Waals surface area contributed by atoms with Crippen LogP contribution in [0.4, 0.5) is 0 Å². The largest absolute Gasteiger partial charge is 0.475 e. The first-order valence-electron chi connectivity index (χ1n) is 11.3. The number of unbranched alkanes of at least 4 members (excludes halogenated alkanes) is 2. The van der Waals surface area contributed by atoms with Crippen LogP contribution in [0, 0.1) is 22.0 Å². The van der Waals surface area contributed by atoms with Crippen LogP contribution in [0.15, 0.2) is 4.99 Å². The van der Waals surface area contributed by atoms with Gasteiger partial charge in [0.2, 0.25) is 5.91 Å². The number of nitro groups is 1. The Balaban J connectivity index is 4.95. The third-order valence-electron chi connectivity index (χ3n) is 4.94. The summed E-state index contributed by atoms with van der Waals surface area (Å²) in [5.41, 5.74) is 7.09. The molecule has 33 heavy (non-hydrogen) atoms. The molecule has 0 saturated carbocycles. The molecule has 13 heteroatoms. The number of hydrogen-bond acceptors (Lipinski definition) is 8. The fourth-order valence-electron chi connectivity index (χ4n) is 3.31. The highest BCUT2D eigenvalue weighted by Gasteiger charge is 2.29. The standard InChI is InChI=1S/C20H38BN5O7/c1-14(2)12-18(21(30)31)24-19(29)16(9-7-11-23-20(22)25-26(32)33)13-17(28)10-6-4-5-8-15(3)27/h14,16,18,30-31H,4-13H2,1-3H3,(H,24,29)(H3,22,23,25)/t16-,18+/m1/s1. The number of ketones is 2. The summed E-state index contributed by atoms with van der Waals surface area (Å²) in [6.07, 6.45) is 3.82. The van der Waals surface area contributed by atoms with E-state index < -0.39 is 29.9 Å². The molecular formula is C20H38BN5O7. The predicted octanol–water partition coefficient (Wildman–Crippen LogP) is 0.520. The van der Waals surface area contributed by atoms with E-state index in [0.717, 1.165) is 12.8 Å². The van der Waals surface area contributed by atoms with Gasteiger partial charge in [-0.2, -0.15) is 0 Å². The van der Waals surface area contributed by atoms with Crippen LogP contribution in [0.1, 0.15) is 78.6 Å². The fraction of sp³-hybridized carbons (Fsp3) is 0.800. The van der Waals surface area contributed by atoms with Gasteiger partial charge in [-0.3, -0.25) is 9.59 Å². The quantitative estimate of drug-likeness (QED) is 0.0472. The van der Waals surface area contributed by atoms with Crippen molar-refractivity contribution in [3.63, 3.8) is 0 Å². The van der Waals surface area contributed by atoms with E-state index in [9.17, 15) is 34.5 Å². The van der Waals surface area contributed by atoms with Gasteiger partial charge in [-0.05, 0) is 44.9 Å². The summed E-state index contributed by atoms with van der Waals surface area (Å²) in [6.45, 7) is 5.41. The average molecular weight is 471 g/mol. The molecule has 0 aromatic rings. The number of guanidine groups is 1. The number of nitrogens with two attached hydrogens (primary N) is 1. The van der Waals surface area contributed by atoms with Gasteiger partial charge in [0.25, 0.3) is 5.96 Å². The number of nitrogens with zero attached hydrogens (tertiary/aromatic N) is 2. The van der Waals surface area contributed by atoms with Gasteiger partial charge in [0, 0.05) is 31.7 Å². The molecule has 12 nitrogen and oxygen atoms in total. The summed E-state index contributed by atoms with van der Waals surface area (Å²) in [6, 6.07) is 0. The Bertz CT molecular complexity index is 673. The second-order valence-corrected chi connectivity index (χ2v) is 8.64.